The van der Waals surface area contributed by atoms with E-state index < -0.39 is 0 Å². The number of benzene rings is 2. The molecule has 0 radical (unpaired) electrons. The molecule has 5 nitrogen and oxygen atoms in total. The number of carbonyl (C=O) groups is 1. The number of aryl methyl sites for hydroxylation is 1. The Morgan fingerprint density at radius 1 is 1.06 bits per heavy atom. The van der Waals surface area contributed by atoms with Crippen LogP contribution in [0, 0.1) is 0 Å². The Kier molecular flexibility index (Phi) is 8.72. The molecule has 0 bridgehead atoms. The Labute approximate surface area is 192 Å². The Hall–Kier alpha value is -2.82. The average molecular weight is 436 g/mol. The number of amides is 1. The van der Waals surface area contributed by atoms with Crippen molar-refractivity contribution in [1.29, 1.82) is 0 Å². The maximum atomic E-state index is 12.1. The number of nitrogens with zero attached hydrogens (tertiary/aromatic N) is 2. The third-order valence-electron chi connectivity index (χ3n) is 6.03. The third kappa shape index (κ3) is 6.12. The van der Waals surface area contributed by atoms with Crippen LogP contribution in [-0.2, 0) is 11.3 Å². The lowest BCUT2D eigenvalue weighted by Crippen LogP contribution is -2.28. The SMILES string of the molecule is CCCC(=O)NC(C)c1nc2ccccc2n1CCCCOc1ccc(C(C)CC)cc1. The Bertz CT molecular complexity index is 994. The van der Waals surface area contributed by atoms with Crippen LogP contribution in [0.3, 0.4) is 0 Å². The standard InChI is InChI=1S/C27H37N3O2/c1-5-11-26(31)28-21(4)27-29-24-12-7-8-13-25(24)30(27)18-9-10-19-32-23-16-14-22(15-17-23)20(3)6-2/h7-8,12-17,20-21H,5-6,9-11,18-19H2,1-4H3,(H,28,31). The second-order valence-corrected chi connectivity index (χ2v) is 8.58. The molecule has 5 heteroatoms. The molecule has 2 atom stereocenters. The van der Waals surface area contributed by atoms with Gasteiger partial charge in [0.2, 0.25) is 5.91 Å². The summed E-state index contributed by atoms with van der Waals surface area (Å²) in [7, 11) is 0. The molecule has 0 fully saturated rings. The number of unbranched alkanes of at least 4 members (excludes halogenated alkanes) is 1. The largest absolute Gasteiger partial charge is 0.494 e. The summed E-state index contributed by atoms with van der Waals surface area (Å²) in [6.07, 6.45) is 4.46. The van der Waals surface area contributed by atoms with E-state index in [9.17, 15) is 4.79 Å². The minimum Gasteiger partial charge on any atom is -0.494 e. The number of hydrogen-bond acceptors (Lipinski definition) is 3. The molecule has 3 aromatic rings. The summed E-state index contributed by atoms with van der Waals surface area (Å²) in [4.78, 5) is 16.9. The number of fused-ring (bicyclic) bond motifs is 1. The van der Waals surface area contributed by atoms with Gasteiger partial charge in [-0.15, -0.1) is 0 Å². The van der Waals surface area contributed by atoms with E-state index in [0.717, 1.165) is 54.8 Å². The van der Waals surface area contributed by atoms with E-state index in [-0.39, 0.29) is 11.9 Å². The minimum absolute atomic E-state index is 0.0753. The number of nitrogens with one attached hydrogen (secondary N) is 1. The molecule has 0 aliphatic heterocycles. The van der Waals surface area contributed by atoms with Gasteiger partial charge in [0, 0.05) is 13.0 Å². The Morgan fingerprint density at radius 3 is 2.53 bits per heavy atom. The minimum atomic E-state index is -0.123. The molecule has 32 heavy (non-hydrogen) atoms. The topological polar surface area (TPSA) is 56.2 Å². The normalized spacial score (nSPS) is 13.1. The summed E-state index contributed by atoms with van der Waals surface area (Å²) >= 11 is 0. The molecule has 3 rings (SSSR count). The van der Waals surface area contributed by atoms with Crippen LogP contribution in [-0.4, -0.2) is 22.1 Å². The summed E-state index contributed by atoms with van der Waals surface area (Å²) in [6.45, 7) is 10.0. The molecule has 0 saturated heterocycles. The highest BCUT2D eigenvalue weighted by molar-refractivity contribution is 5.78. The number of imidazole rings is 1. The van der Waals surface area contributed by atoms with E-state index in [1.54, 1.807) is 0 Å². The van der Waals surface area contributed by atoms with Gasteiger partial charge in [-0.1, -0.05) is 45.0 Å². The molecule has 0 aliphatic carbocycles. The first-order chi connectivity index (χ1) is 15.5. The molecule has 172 valence electrons. The smallest absolute Gasteiger partial charge is 0.220 e. The van der Waals surface area contributed by atoms with Gasteiger partial charge in [0.1, 0.15) is 11.6 Å². The second-order valence-electron chi connectivity index (χ2n) is 8.58. The van der Waals surface area contributed by atoms with Crippen LogP contribution in [0.1, 0.15) is 83.1 Å². The number of hydrogen-bond donors (Lipinski definition) is 1. The van der Waals surface area contributed by atoms with Gasteiger partial charge >= 0.3 is 0 Å². The molecular weight excluding hydrogens is 398 g/mol. The number of aromatic nitrogens is 2. The van der Waals surface area contributed by atoms with Gasteiger partial charge in [0.15, 0.2) is 0 Å². The van der Waals surface area contributed by atoms with E-state index in [4.69, 9.17) is 9.72 Å². The van der Waals surface area contributed by atoms with Gasteiger partial charge in [0.25, 0.3) is 0 Å². The van der Waals surface area contributed by atoms with Crippen molar-refractivity contribution in [2.45, 2.75) is 78.3 Å². The van der Waals surface area contributed by atoms with Crippen LogP contribution in [0.5, 0.6) is 5.75 Å². The summed E-state index contributed by atoms with van der Waals surface area (Å²) in [6, 6.07) is 16.5. The Morgan fingerprint density at radius 2 is 1.81 bits per heavy atom. The first-order valence-corrected chi connectivity index (χ1v) is 12.0. The summed E-state index contributed by atoms with van der Waals surface area (Å²) in [5, 5.41) is 3.09. The molecule has 2 aromatic carbocycles. The van der Waals surface area contributed by atoms with Gasteiger partial charge in [-0.05, 0) is 68.4 Å². The lowest BCUT2D eigenvalue weighted by Gasteiger charge is -2.16. The predicted molar refractivity (Wildman–Crippen MR) is 131 cm³/mol. The Balaban J connectivity index is 1.57. The van der Waals surface area contributed by atoms with Gasteiger partial charge in [-0.25, -0.2) is 4.98 Å². The summed E-state index contributed by atoms with van der Waals surface area (Å²) in [5.74, 6) is 2.50. The number of rotatable bonds is 12. The van der Waals surface area contributed by atoms with Crippen LogP contribution in [0.2, 0.25) is 0 Å². The van der Waals surface area contributed by atoms with Gasteiger partial charge < -0.3 is 14.6 Å². The van der Waals surface area contributed by atoms with Gasteiger partial charge in [-0.3, -0.25) is 4.79 Å². The molecule has 2 unspecified atom stereocenters. The zero-order valence-corrected chi connectivity index (χ0v) is 19.9. The fourth-order valence-corrected chi connectivity index (χ4v) is 3.96. The maximum absolute atomic E-state index is 12.1. The number of carbonyl (C=O) groups excluding carboxylic acids is 1. The predicted octanol–water partition coefficient (Wildman–Crippen LogP) is 6.39. The molecular formula is C27H37N3O2. The third-order valence-corrected chi connectivity index (χ3v) is 6.03. The van der Waals surface area contributed by atoms with Crippen molar-refractivity contribution in [3.05, 3.63) is 59.9 Å². The highest BCUT2D eigenvalue weighted by atomic mass is 16.5. The van der Waals surface area contributed by atoms with Crippen LogP contribution in [0.25, 0.3) is 11.0 Å². The van der Waals surface area contributed by atoms with Crippen molar-refractivity contribution < 1.29 is 9.53 Å². The van der Waals surface area contributed by atoms with Crippen LogP contribution in [0.4, 0.5) is 0 Å². The maximum Gasteiger partial charge on any atom is 0.220 e. The lowest BCUT2D eigenvalue weighted by molar-refractivity contribution is -0.121. The van der Waals surface area contributed by atoms with Crippen molar-refractivity contribution in [3.63, 3.8) is 0 Å². The fourth-order valence-electron chi connectivity index (χ4n) is 3.96. The second kappa shape index (κ2) is 11.7. The molecule has 0 aliphatic rings. The number of ether oxygens (including phenoxy) is 1. The summed E-state index contributed by atoms with van der Waals surface area (Å²) in [5.41, 5.74) is 3.44. The zero-order valence-electron chi connectivity index (χ0n) is 19.9. The molecule has 0 saturated carbocycles. The van der Waals surface area contributed by atoms with Crippen LogP contribution in [0.15, 0.2) is 48.5 Å². The highest BCUT2D eigenvalue weighted by Gasteiger charge is 2.18. The van der Waals surface area contributed by atoms with Gasteiger partial charge in [-0.2, -0.15) is 0 Å². The molecule has 1 heterocycles. The monoisotopic (exact) mass is 435 g/mol. The van der Waals surface area contributed by atoms with Crippen LogP contribution >= 0.6 is 0 Å². The van der Waals surface area contributed by atoms with Crippen molar-refractivity contribution in [1.82, 2.24) is 14.9 Å². The molecule has 1 N–H and O–H groups in total. The average Bonchev–Trinajstić information content (AvgIpc) is 3.17. The lowest BCUT2D eigenvalue weighted by atomic mass is 9.99. The molecule has 1 amide bonds. The van der Waals surface area contributed by atoms with E-state index in [2.05, 4.69) is 54.1 Å². The number of para-hydroxylation sites is 2. The fraction of sp³-hybridized carbons (Fsp3) is 0.481. The summed E-state index contributed by atoms with van der Waals surface area (Å²) < 4.78 is 8.20. The van der Waals surface area contributed by atoms with E-state index in [1.165, 1.54) is 5.56 Å². The first-order valence-electron chi connectivity index (χ1n) is 12.0. The highest BCUT2D eigenvalue weighted by Crippen LogP contribution is 2.23. The zero-order chi connectivity index (χ0) is 22.9. The van der Waals surface area contributed by atoms with Crippen molar-refractivity contribution in [2.24, 2.45) is 0 Å². The molecule has 0 spiro atoms. The quantitative estimate of drug-likeness (QED) is 0.336. The van der Waals surface area contributed by atoms with Crippen LogP contribution < -0.4 is 10.1 Å². The first kappa shape index (κ1) is 23.8. The van der Waals surface area contributed by atoms with Crippen molar-refractivity contribution in [2.75, 3.05) is 6.61 Å². The van der Waals surface area contributed by atoms with Gasteiger partial charge in [0.05, 0.1) is 23.7 Å². The van der Waals surface area contributed by atoms with E-state index >= 15 is 0 Å². The van der Waals surface area contributed by atoms with Crippen molar-refractivity contribution >= 4 is 16.9 Å². The van der Waals surface area contributed by atoms with Crippen molar-refractivity contribution in [3.8, 4) is 5.75 Å². The molecule has 1 aromatic heterocycles. The van der Waals surface area contributed by atoms with E-state index in [0.29, 0.717) is 18.9 Å². The van der Waals surface area contributed by atoms with E-state index in [1.807, 2.05) is 32.0 Å².